The molecule has 1 unspecified atom stereocenters. The molecule has 180 valence electrons. The van der Waals surface area contributed by atoms with Crippen molar-refractivity contribution in [1.82, 2.24) is 10.2 Å². The summed E-state index contributed by atoms with van der Waals surface area (Å²) in [6, 6.07) is 20.2. The predicted molar refractivity (Wildman–Crippen MR) is 143 cm³/mol. The average Bonchev–Trinajstić information content (AvgIpc) is 3.33. The molecule has 2 atom stereocenters. The van der Waals surface area contributed by atoms with E-state index in [2.05, 4.69) is 47.8 Å². The molecule has 34 heavy (non-hydrogen) atoms. The van der Waals surface area contributed by atoms with Gasteiger partial charge in [-0.2, -0.15) is 5.26 Å². The predicted octanol–water partition coefficient (Wildman–Crippen LogP) is 5.58. The first-order valence-electron chi connectivity index (χ1n) is 12.2. The van der Waals surface area contributed by atoms with Crippen molar-refractivity contribution >= 4 is 34.4 Å². The summed E-state index contributed by atoms with van der Waals surface area (Å²) in [4.78, 5) is 27.5. The normalized spacial score (nSPS) is 17.3. The largest absolute Gasteiger partial charge is 0.350 e. The summed E-state index contributed by atoms with van der Waals surface area (Å²) in [5.41, 5.74) is 1.55. The molecular formula is C28H34IN3O2. The Hall–Kier alpha value is -2.40. The molecule has 1 saturated heterocycles. The maximum Gasteiger partial charge on any atom is 0.243 e. The lowest BCUT2D eigenvalue weighted by Gasteiger charge is -2.31. The van der Waals surface area contributed by atoms with Crippen LogP contribution < -0.4 is 5.32 Å². The first-order valence-corrected chi connectivity index (χ1v) is 13.2. The lowest BCUT2D eigenvalue weighted by molar-refractivity contribution is -0.138. The van der Waals surface area contributed by atoms with E-state index >= 15 is 0 Å². The van der Waals surface area contributed by atoms with Gasteiger partial charge in [-0.15, -0.1) is 0 Å². The zero-order valence-electron chi connectivity index (χ0n) is 20.1. The van der Waals surface area contributed by atoms with Gasteiger partial charge in [-0.3, -0.25) is 9.59 Å². The molecule has 0 radical (unpaired) electrons. The standard InChI is InChI=1S/C28H34IN3O2/c1-21(2)28(20-30,23-11-4-3-5-12-23)16-7-6-15-26(33)32-17-9-14-25(32)27(34)31-19-22-10-8-13-24(29)18-22/h3-5,8,10-13,18,21,25H,6-7,9,14-17,19H2,1-2H3,(H,31,34)/t25-,28?/m1/s1. The fourth-order valence-corrected chi connectivity index (χ4v) is 5.47. The van der Waals surface area contributed by atoms with E-state index < -0.39 is 5.41 Å². The summed E-state index contributed by atoms with van der Waals surface area (Å²) in [5, 5.41) is 13.1. The second-order valence-electron chi connectivity index (χ2n) is 9.40. The number of amides is 2. The van der Waals surface area contributed by atoms with Crippen LogP contribution in [-0.2, 0) is 21.5 Å². The van der Waals surface area contributed by atoms with Crippen LogP contribution in [-0.4, -0.2) is 29.3 Å². The number of nitriles is 1. The second kappa shape index (κ2) is 12.3. The van der Waals surface area contributed by atoms with Crippen LogP contribution in [0.1, 0.15) is 63.5 Å². The Morgan fingerprint density at radius 3 is 2.62 bits per heavy atom. The molecule has 0 spiro atoms. The molecule has 1 aliphatic heterocycles. The summed E-state index contributed by atoms with van der Waals surface area (Å²) in [5.74, 6) is 0.144. The Morgan fingerprint density at radius 2 is 1.94 bits per heavy atom. The van der Waals surface area contributed by atoms with Gasteiger partial charge >= 0.3 is 0 Å². The minimum atomic E-state index is -0.546. The Bertz CT molecular complexity index is 1020. The summed E-state index contributed by atoms with van der Waals surface area (Å²) >= 11 is 2.26. The number of unbranched alkanes of at least 4 members (excludes halogenated alkanes) is 1. The van der Waals surface area contributed by atoms with Gasteiger partial charge in [0.25, 0.3) is 0 Å². The number of benzene rings is 2. The van der Waals surface area contributed by atoms with Gasteiger partial charge in [0, 0.05) is 23.1 Å². The summed E-state index contributed by atoms with van der Waals surface area (Å²) in [6.07, 6.45) is 4.21. The Kier molecular flexibility index (Phi) is 9.52. The van der Waals surface area contributed by atoms with Crippen molar-refractivity contribution in [3.05, 3.63) is 69.3 Å². The van der Waals surface area contributed by atoms with Crippen molar-refractivity contribution < 1.29 is 9.59 Å². The highest BCUT2D eigenvalue weighted by atomic mass is 127. The van der Waals surface area contributed by atoms with Crippen molar-refractivity contribution in [2.45, 2.75) is 70.4 Å². The van der Waals surface area contributed by atoms with Crippen LogP contribution >= 0.6 is 22.6 Å². The SMILES string of the molecule is CC(C)C(C#N)(CCCCC(=O)N1CCC[C@@H]1C(=O)NCc1cccc(I)c1)c1ccccc1. The first-order chi connectivity index (χ1) is 16.4. The highest BCUT2D eigenvalue weighted by molar-refractivity contribution is 14.1. The van der Waals surface area contributed by atoms with Gasteiger partial charge in [0.1, 0.15) is 6.04 Å². The van der Waals surface area contributed by atoms with Crippen molar-refractivity contribution in [1.29, 1.82) is 5.26 Å². The molecule has 1 N–H and O–H groups in total. The van der Waals surface area contributed by atoms with E-state index in [-0.39, 0.29) is 23.8 Å². The zero-order chi connectivity index (χ0) is 24.6. The van der Waals surface area contributed by atoms with Crippen molar-refractivity contribution in [3.63, 3.8) is 0 Å². The molecule has 2 aromatic carbocycles. The molecule has 2 aromatic rings. The minimum Gasteiger partial charge on any atom is -0.350 e. The van der Waals surface area contributed by atoms with Gasteiger partial charge in [-0.05, 0) is 77.5 Å². The van der Waals surface area contributed by atoms with Crippen molar-refractivity contribution in [3.8, 4) is 6.07 Å². The Balaban J connectivity index is 1.51. The van der Waals surface area contributed by atoms with Crippen LogP contribution in [0, 0.1) is 20.8 Å². The van der Waals surface area contributed by atoms with Gasteiger partial charge in [-0.1, -0.05) is 62.7 Å². The van der Waals surface area contributed by atoms with E-state index in [1.54, 1.807) is 4.90 Å². The molecule has 1 heterocycles. The minimum absolute atomic E-state index is 0.0405. The van der Waals surface area contributed by atoms with Crippen LogP contribution in [0.15, 0.2) is 54.6 Å². The summed E-state index contributed by atoms with van der Waals surface area (Å²) in [6.45, 7) is 5.29. The number of carbonyl (C=O) groups excluding carboxylic acids is 2. The van der Waals surface area contributed by atoms with Crippen LogP contribution in [0.25, 0.3) is 0 Å². The maximum atomic E-state index is 13.0. The average molecular weight is 572 g/mol. The van der Waals surface area contributed by atoms with Crippen LogP contribution in [0.2, 0.25) is 0 Å². The molecule has 1 aliphatic rings. The molecule has 3 rings (SSSR count). The quantitative estimate of drug-likeness (QED) is 0.299. The second-order valence-corrected chi connectivity index (χ2v) is 10.6. The third-order valence-corrected chi connectivity index (χ3v) is 7.59. The number of nitrogens with one attached hydrogen (secondary N) is 1. The van der Waals surface area contributed by atoms with E-state index in [0.29, 0.717) is 25.9 Å². The number of carbonyl (C=O) groups is 2. The number of nitrogens with zero attached hydrogens (tertiary/aromatic N) is 2. The smallest absolute Gasteiger partial charge is 0.243 e. The third kappa shape index (κ3) is 6.38. The van der Waals surface area contributed by atoms with E-state index in [0.717, 1.165) is 40.4 Å². The molecule has 6 heteroatoms. The number of hydrogen-bond acceptors (Lipinski definition) is 3. The van der Waals surface area contributed by atoms with Gasteiger partial charge in [0.15, 0.2) is 0 Å². The zero-order valence-corrected chi connectivity index (χ0v) is 22.3. The number of hydrogen-bond donors (Lipinski definition) is 1. The molecule has 0 saturated carbocycles. The van der Waals surface area contributed by atoms with Crippen LogP contribution in [0.5, 0.6) is 0 Å². The molecule has 5 nitrogen and oxygen atoms in total. The molecule has 2 amide bonds. The Labute approximate surface area is 217 Å². The lowest BCUT2D eigenvalue weighted by atomic mass is 9.69. The maximum absolute atomic E-state index is 13.0. The Morgan fingerprint density at radius 1 is 1.18 bits per heavy atom. The lowest BCUT2D eigenvalue weighted by Crippen LogP contribution is -2.45. The van der Waals surface area contributed by atoms with E-state index in [4.69, 9.17) is 0 Å². The fraction of sp³-hybridized carbons (Fsp3) is 0.464. The number of likely N-dealkylation sites (tertiary alicyclic amines) is 1. The topological polar surface area (TPSA) is 73.2 Å². The van der Waals surface area contributed by atoms with Gasteiger partial charge in [0.2, 0.25) is 11.8 Å². The van der Waals surface area contributed by atoms with Gasteiger partial charge in [0.05, 0.1) is 11.5 Å². The first kappa shape index (κ1) is 26.2. The van der Waals surface area contributed by atoms with Gasteiger partial charge < -0.3 is 10.2 Å². The van der Waals surface area contributed by atoms with E-state index in [1.807, 2.05) is 54.6 Å². The monoisotopic (exact) mass is 571 g/mol. The van der Waals surface area contributed by atoms with Crippen molar-refractivity contribution in [2.75, 3.05) is 6.54 Å². The fourth-order valence-electron chi connectivity index (χ4n) is 4.87. The molecule has 0 aliphatic carbocycles. The molecule has 0 bridgehead atoms. The number of rotatable bonds is 10. The summed E-state index contributed by atoms with van der Waals surface area (Å²) in [7, 11) is 0. The van der Waals surface area contributed by atoms with Crippen molar-refractivity contribution in [2.24, 2.45) is 5.92 Å². The molecular weight excluding hydrogens is 537 g/mol. The van der Waals surface area contributed by atoms with Crippen LogP contribution in [0.3, 0.4) is 0 Å². The third-order valence-electron chi connectivity index (χ3n) is 6.92. The van der Waals surface area contributed by atoms with E-state index in [9.17, 15) is 14.9 Å². The summed E-state index contributed by atoms with van der Waals surface area (Å²) < 4.78 is 1.13. The number of halogens is 1. The molecule has 0 aromatic heterocycles. The van der Waals surface area contributed by atoms with Gasteiger partial charge in [-0.25, -0.2) is 0 Å². The highest BCUT2D eigenvalue weighted by Crippen LogP contribution is 2.37. The highest BCUT2D eigenvalue weighted by Gasteiger charge is 2.36. The molecule has 1 fully saturated rings. The van der Waals surface area contributed by atoms with E-state index in [1.165, 1.54) is 0 Å². The van der Waals surface area contributed by atoms with Crippen LogP contribution in [0.4, 0.5) is 0 Å².